The number of aromatic amines is 1. The number of hydrogen-bond donors (Lipinski definition) is 3. The largest absolute Gasteiger partial charge is 0.396 e. The lowest BCUT2D eigenvalue weighted by atomic mass is 10.0. The number of carbonyl (C=O) groups excluding carboxylic acids is 1. The number of H-pyrrole nitrogens is 1. The summed E-state index contributed by atoms with van der Waals surface area (Å²) in [5.74, 6) is -0.395. The van der Waals surface area contributed by atoms with E-state index >= 15 is 0 Å². The number of nitrogens with one attached hydrogen (secondary N) is 2. The zero-order valence-corrected chi connectivity index (χ0v) is 16.5. The smallest absolute Gasteiger partial charge is 0.322 e. The Labute approximate surface area is 168 Å². The number of aliphatic hydroxyl groups is 1. The van der Waals surface area contributed by atoms with Gasteiger partial charge < -0.3 is 20.3 Å². The van der Waals surface area contributed by atoms with Gasteiger partial charge in [0.05, 0.1) is 6.54 Å². The Morgan fingerprint density at radius 1 is 1.14 bits per heavy atom. The quantitative estimate of drug-likeness (QED) is 0.593. The van der Waals surface area contributed by atoms with Crippen LogP contribution in [0.5, 0.6) is 0 Å². The number of aryl methyl sites for hydroxylation is 2. The van der Waals surface area contributed by atoms with Gasteiger partial charge in [0.1, 0.15) is 5.82 Å². The molecule has 0 radical (unpaired) electrons. The maximum Gasteiger partial charge on any atom is 0.322 e. The molecule has 29 heavy (non-hydrogen) atoms. The second-order valence-corrected chi connectivity index (χ2v) is 7.08. The summed E-state index contributed by atoms with van der Waals surface area (Å²) < 4.78 is 13.1. The highest BCUT2D eigenvalue weighted by molar-refractivity contribution is 5.89. The first kappa shape index (κ1) is 20.5. The lowest BCUT2D eigenvalue weighted by Gasteiger charge is -2.23. The molecule has 2 amide bonds. The zero-order valence-electron chi connectivity index (χ0n) is 16.5. The molecule has 7 heteroatoms. The number of halogens is 1. The maximum absolute atomic E-state index is 13.1. The minimum absolute atomic E-state index is 0.0765. The van der Waals surface area contributed by atoms with Crippen molar-refractivity contribution in [2.45, 2.75) is 26.8 Å². The van der Waals surface area contributed by atoms with Gasteiger partial charge in [-0.2, -0.15) is 0 Å². The average Bonchev–Trinajstić information content (AvgIpc) is 2.68. The highest BCUT2D eigenvalue weighted by Gasteiger charge is 2.16. The SMILES string of the molecule is Cc1cc2cc(CN(CCCO)C(=O)Nc3ccc(F)cc3)c(=O)[nH]c2cc1C. The van der Waals surface area contributed by atoms with E-state index in [1.807, 2.05) is 26.0 Å². The molecular formula is C22H24FN3O3. The third-order valence-corrected chi connectivity index (χ3v) is 4.87. The Morgan fingerprint density at radius 2 is 1.83 bits per heavy atom. The fourth-order valence-corrected chi connectivity index (χ4v) is 3.09. The van der Waals surface area contributed by atoms with E-state index in [-0.39, 0.29) is 25.3 Å². The van der Waals surface area contributed by atoms with Crippen LogP contribution >= 0.6 is 0 Å². The molecule has 0 atom stereocenters. The van der Waals surface area contributed by atoms with E-state index in [0.29, 0.717) is 17.7 Å². The number of aromatic nitrogens is 1. The van der Waals surface area contributed by atoms with Gasteiger partial charge in [-0.25, -0.2) is 9.18 Å². The van der Waals surface area contributed by atoms with Gasteiger partial charge in [0.25, 0.3) is 5.56 Å². The normalized spacial score (nSPS) is 10.9. The highest BCUT2D eigenvalue weighted by atomic mass is 19.1. The van der Waals surface area contributed by atoms with Crippen LogP contribution in [-0.4, -0.2) is 34.2 Å². The molecule has 3 rings (SSSR count). The Morgan fingerprint density at radius 3 is 2.52 bits per heavy atom. The van der Waals surface area contributed by atoms with Crippen molar-refractivity contribution in [1.29, 1.82) is 0 Å². The number of carbonyl (C=O) groups is 1. The van der Waals surface area contributed by atoms with Gasteiger partial charge in [0.2, 0.25) is 0 Å². The molecule has 0 spiro atoms. The second-order valence-electron chi connectivity index (χ2n) is 7.08. The van der Waals surface area contributed by atoms with Crippen molar-refractivity contribution in [3.63, 3.8) is 0 Å². The number of aliphatic hydroxyl groups excluding tert-OH is 1. The molecule has 0 aliphatic rings. The molecule has 3 aromatic rings. The third-order valence-electron chi connectivity index (χ3n) is 4.87. The van der Waals surface area contributed by atoms with Crippen molar-refractivity contribution >= 4 is 22.6 Å². The van der Waals surface area contributed by atoms with Crippen molar-refractivity contribution in [3.05, 3.63) is 75.3 Å². The molecule has 0 unspecified atom stereocenters. The lowest BCUT2D eigenvalue weighted by Crippen LogP contribution is -2.37. The molecule has 0 bridgehead atoms. The topological polar surface area (TPSA) is 85.4 Å². The van der Waals surface area contributed by atoms with E-state index in [0.717, 1.165) is 22.0 Å². The number of rotatable bonds is 6. The first-order chi connectivity index (χ1) is 13.9. The molecule has 2 aromatic carbocycles. The van der Waals surface area contributed by atoms with Crippen molar-refractivity contribution in [2.75, 3.05) is 18.5 Å². The van der Waals surface area contributed by atoms with Crippen LogP contribution in [0.15, 0.2) is 47.3 Å². The van der Waals surface area contributed by atoms with Crippen LogP contribution in [0.3, 0.4) is 0 Å². The molecule has 1 heterocycles. The van der Waals surface area contributed by atoms with Gasteiger partial charge in [-0.1, -0.05) is 0 Å². The molecule has 0 fully saturated rings. The van der Waals surface area contributed by atoms with E-state index in [1.54, 1.807) is 6.07 Å². The average molecular weight is 397 g/mol. The van der Waals surface area contributed by atoms with Crippen molar-refractivity contribution in [3.8, 4) is 0 Å². The van der Waals surface area contributed by atoms with Crippen LogP contribution in [0.1, 0.15) is 23.1 Å². The standard InChI is InChI=1S/C22H24FN3O3/c1-14-10-16-12-17(21(28)25-20(16)11-15(14)2)13-26(8-3-9-27)22(29)24-19-6-4-18(23)5-7-19/h4-7,10-12,27H,3,8-9,13H2,1-2H3,(H,24,29)(H,25,28). The summed E-state index contributed by atoms with van der Waals surface area (Å²) in [7, 11) is 0. The van der Waals surface area contributed by atoms with Gasteiger partial charge in [-0.15, -0.1) is 0 Å². The van der Waals surface area contributed by atoms with Crippen molar-refractivity contribution in [2.24, 2.45) is 0 Å². The molecular weight excluding hydrogens is 373 g/mol. The molecule has 152 valence electrons. The van der Waals surface area contributed by atoms with Crippen LogP contribution in [-0.2, 0) is 6.54 Å². The number of amides is 2. The van der Waals surface area contributed by atoms with E-state index in [9.17, 15) is 14.0 Å². The van der Waals surface area contributed by atoms with Crippen LogP contribution in [0, 0.1) is 19.7 Å². The number of anilines is 1. The van der Waals surface area contributed by atoms with Gasteiger partial charge >= 0.3 is 6.03 Å². The van der Waals surface area contributed by atoms with Gasteiger partial charge in [0.15, 0.2) is 0 Å². The van der Waals surface area contributed by atoms with Crippen molar-refractivity contribution in [1.82, 2.24) is 9.88 Å². The number of hydrogen-bond acceptors (Lipinski definition) is 3. The summed E-state index contributed by atoms with van der Waals surface area (Å²) in [6.45, 7) is 4.27. The second kappa shape index (κ2) is 8.87. The molecule has 0 saturated carbocycles. The summed E-state index contributed by atoms with van der Waals surface area (Å²) in [6, 6.07) is 10.7. The molecule has 1 aromatic heterocycles. The first-order valence-electron chi connectivity index (χ1n) is 9.43. The summed E-state index contributed by atoms with van der Waals surface area (Å²) in [6.07, 6.45) is 0.376. The summed E-state index contributed by atoms with van der Waals surface area (Å²) in [5, 5.41) is 12.8. The number of nitrogens with zero attached hydrogens (tertiary/aromatic N) is 1. The highest BCUT2D eigenvalue weighted by Crippen LogP contribution is 2.18. The maximum atomic E-state index is 13.1. The van der Waals surface area contributed by atoms with E-state index in [1.165, 1.54) is 29.2 Å². The minimum atomic E-state index is -0.426. The number of urea groups is 1. The number of benzene rings is 2. The third kappa shape index (κ3) is 5.00. The van der Waals surface area contributed by atoms with Gasteiger partial charge in [0, 0.05) is 29.9 Å². The molecule has 3 N–H and O–H groups in total. The van der Waals surface area contributed by atoms with E-state index in [2.05, 4.69) is 10.3 Å². The predicted molar refractivity (Wildman–Crippen MR) is 112 cm³/mol. The summed E-state index contributed by atoms with van der Waals surface area (Å²) in [4.78, 5) is 29.6. The monoisotopic (exact) mass is 397 g/mol. The van der Waals surface area contributed by atoms with Crippen LogP contribution in [0.25, 0.3) is 10.9 Å². The lowest BCUT2D eigenvalue weighted by molar-refractivity contribution is 0.199. The summed E-state index contributed by atoms with van der Waals surface area (Å²) >= 11 is 0. The minimum Gasteiger partial charge on any atom is -0.396 e. The van der Waals surface area contributed by atoms with Crippen LogP contribution in [0.4, 0.5) is 14.9 Å². The summed E-state index contributed by atoms with van der Waals surface area (Å²) in [5.41, 5.74) is 3.59. The predicted octanol–water partition coefficient (Wildman–Crippen LogP) is 3.70. The van der Waals surface area contributed by atoms with E-state index in [4.69, 9.17) is 5.11 Å². The fraction of sp³-hybridized carbons (Fsp3) is 0.273. The molecule has 0 saturated heterocycles. The van der Waals surface area contributed by atoms with Gasteiger partial charge in [-0.05, 0) is 79.2 Å². The van der Waals surface area contributed by atoms with Crippen molar-refractivity contribution < 1.29 is 14.3 Å². The molecule has 0 aliphatic carbocycles. The van der Waals surface area contributed by atoms with E-state index < -0.39 is 11.8 Å². The van der Waals surface area contributed by atoms with Gasteiger partial charge in [-0.3, -0.25) is 4.79 Å². The zero-order chi connectivity index (χ0) is 21.0. The molecule has 6 nitrogen and oxygen atoms in total. The molecule has 0 aliphatic heterocycles. The number of pyridine rings is 1. The van der Waals surface area contributed by atoms with Crippen LogP contribution < -0.4 is 10.9 Å². The van der Waals surface area contributed by atoms with Crippen LogP contribution in [0.2, 0.25) is 0 Å². The Balaban J connectivity index is 1.86. The fourth-order valence-electron chi connectivity index (χ4n) is 3.09. The first-order valence-corrected chi connectivity index (χ1v) is 9.43. The Kier molecular flexibility index (Phi) is 6.29. The Bertz CT molecular complexity index is 1080. The Hall–Kier alpha value is -3.19. The number of fused-ring (bicyclic) bond motifs is 1.